The van der Waals surface area contributed by atoms with Crippen molar-refractivity contribution in [1.82, 2.24) is 9.71 Å². The minimum atomic E-state index is -1.14. The van der Waals surface area contributed by atoms with E-state index in [0.29, 0.717) is 11.1 Å². The Kier molecular flexibility index (Phi) is 2.70. The molecular formula is C12H9N3O4S. The molecule has 0 spiro atoms. The monoisotopic (exact) mass is 291 g/mol. The number of thiocarbonyl (C=S) groups is 1. The number of H-pyrrole nitrogens is 1. The van der Waals surface area contributed by atoms with Crippen LogP contribution >= 0.6 is 12.2 Å². The van der Waals surface area contributed by atoms with E-state index in [0.717, 1.165) is 6.20 Å². The maximum atomic E-state index is 11.9. The first-order valence-electron chi connectivity index (χ1n) is 5.67. The molecule has 1 atom stereocenters. The molecule has 0 radical (unpaired) electrons. The summed E-state index contributed by atoms with van der Waals surface area (Å²) in [6.07, 6.45) is -0.0315. The lowest BCUT2D eigenvalue weighted by Gasteiger charge is -2.21. The molecule has 8 heteroatoms. The molecule has 0 aliphatic carbocycles. The van der Waals surface area contributed by atoms with Gasteiger partial charge in [0.05, 0.1) is 0 Å². The number of nitrogens with one attached hydrogen (secondary N) is 1. The summed E-state index contributed by atoms with van der Waals surface area (Å²) in [5.41, 5.74) is -0.836. The summed E-state index contributed by atoms with van der Waals surface area (Å²) in [7, 11) is 0. The van der Waals surface area contributed by atoms with Crippen LogP contribution < -0.4 is 16.1 Å². The molecule has 3 rings (SSSR count). The number of fused-ring (bicyclic) bond motifs is 1. The van der Waals surface area contributed by atoms with E-state index in [1.54, 1.807) is 24.3 Å². The molecule has 1 aromatic heterocycles. The number of nitrogens with zero attached hydrogens (tertiary/aromatic N) is 2. The summed E-state index contributed by atoms with van der Waals surface area (Å²) in [4.78, 5) is 26.7. The van der Waals surface area contributed by atoms with Crippen LogP contribution in [-0.2, 0) is 0 Å². The van der Waals surface area contributed by atoms with Crippen LogP contribution in [0, 0.1) is 0 Å². The summed E-state index contributed by atoms with van der Waals surface area (Å²) in [5, 5.41) is 19.6. The summed E-state index contributed by atoms with van der Waals surface area (Å²) in [6.45, 7) is 0. The number of hydrogen-bond acceptors (Lipinski definition) is 5. The van der Waals surface area contributed by atoms with Gasteiger partial charge in [-0.2, -0.15) is 0 Å². The van der Waals surface area contributed by atoms with Crippen LogP contribution in [0.5, 0.6) is 0 Å². The van der Waals surface area contributed by atoms with Gasteiger partial charge in [0.25, 0.3) is 0 Å². The van der Waals surface area contributed by atoms with Crippen molar-refractivity contribution in [3.05, 3.63) is 62.4 Å². The van der Waals surface area contributed by atoms with Gasteiger partial charge in [-0.15, -0.1) is 0 Å². The number of aromatic amines is 1. The highest BCUT2D eigenvalue weighted by atomic mass is 32.1. The molecule has 3 N–H and O–H groups in total. The number of aromatic nitrogens is 2. The Bertz CT molecular complexity index is 826. The van der Waals surface area contributed by atoms with Crippen molar-refractivity contribution in [1.29, 1.82) is 0 Å². The first-order chi connectivity index (χ1) is 9.52. The van der Waals surface area contributed by atoms with E-state index < -0.39 is 17.5 Å². The van der Waals surface area contributed by atoms with Crippen molar-refractivity contribution in [2.24, 2.45) is 0 Å². The Labute approximate surface area is 117 Å². The van der Waals surface area contributed by atoms with E-state index in [1.165, 1.54) is 4.90 Å². The largest absolute Gasteiger partial charge is 0.421 e. The average Bonchev–Trinajstić information content (AvgIpc) is 2.70. The standard InChI is InChI=1S/C12H9N3O4S/c16-9-6-3-1-2-4-7(6)11(20)14(9)8-5-13-12(18)15(19)10(8)17/h1-5,9,16,19H,(H,13,18). The second-order valence-electron chi connectivity index (χ2n) is 4.23. The molecule has 0 amide bonds. The fourth-order valence-corrected chi connectivity index (χ4v) is 2.55. The molecule has 0 saturated carbocycles. The third-order valence-corrected chi connectivity index (χ3v) is 3.55. The molecule has 2 heterocycles. The third kappa shape index (κ3) is 1.59. The van der Waals surface area contributed by atoms with Crippen LogP contribution in [0.2, 0.25) is 0 Å². The summed E-state index contributed by atoms with van der Waals surface area (Å²) in [6, 6.07) is 6.92. The van der Waals surface area contributed by atoms with Gasteiger partial charge in [0.15, 0.2) is 6.23 Å². The van der Waals surface area contributed by atoms with E-state index in [9.17, 15) is 19.9 Å². The van der Waals surface area contributed by atoms with Gasteiger partial charge in [0.1, 0.15) is 10.7 Å². The number of anilines is 1. The van der Waals surface area contributed by atoms with E-state index in [2.05, 4.69) is 4.98 Å². The molecule has 0 saturated heterocycles. The van der Waals surface area contributed by atoms with Gasteiger partial charge in [-0.25, -0.2) is 4.79 Å². The van der Waals surface area contributed by atoms with Gasteiger partial charge < -0.3 is 15.3 Å². The fraction of sp³-hybridized carbons (Fsp3) is 0.0833. The van der Waals surface area contributed by atoms with Crippen molar-refractivity contribution in [2.75, 3.05) is 4.90 Å². The molecule has 102 valence electrons. The van der Waals surface area contributed by atoms with Crippen LogP contribution in [0.4, 0.5) is 5.69 Å². The Morgan fingerprint density at radius 3 is 2.65 bits per heavy atom. The Hall–Kier alpha value is -2.45. The molecule has 1 aliphatic heterocycles. The van der Waals surface area contributed by atoms with Crippen molar-refractivity contribution in [3.63, 3.8) is 0 Å². The first-order valence-corrected chi connectivity index (χ1v) is 6.07. The molecule has 0 fully saturated rings. The average molecular weight is 291 g/mol. The third-order valence-electron chi connectivity index (χ3n) is 3.13. The lowest BCUT2D eigenvalue weighted by Crippen LogP contribution is -2.39. The molecule has 7 nitrogen and oxygen atoms in total. The first kappa shape index (κ1) is 12.6. The van der Waals surface area contributed by atoms with Crippen LogP contribution in [0.1, 0.15) is 17.4 Å². The zero-order chi connectivity index (χ0) is 14.4. The maximum Gasteiger partial charge on any atom is 0.361 e. The number of aliphatic hydroxyl groups is 1. The van der Waals surface area contributed by atoms with Crippen LogP contribution in [0.25, 0.3) is 0 Å². The molecule has 0 bridgehead atoms. The molecule has 1 aromatic carbocycles. The molecule has 1 unspecified atom stereocenters. The quantitative estimate of drug-likeness (QED) is 0.504. The summed E-state index contributed by atoms with van der Waals surface area (Å²) in [5.74, 6) is 0. The zero-order valence-electron chi connectivity index (χ0n) is 9.98. The van der Waals surface area contributed by atoms with Crippen LogP contribution in [0.3, 0.4) is 0 Å². The van der Waals surface area contributed by atoms with Gasteiger partial charge >= 0.3 is 11.2 Å². The topological polar surface area (TPSA) is 98.6 Å². The maximum absolute atomic E-state index is 11.9. The zero-order valence-corrected chi connectivity index (χ0v) is 10.8. The van der Waals surface area contributed by atoms with Gasteiger partial charge in [-0.1, -0.05) is 41.2 Å². The van der Waals surface area contributed by atoms with Crippen molar-refractivity contribution in [3.8, 4) is 0 Å². The normalized spacial score (nSPS) is 17.4. The fourth-order valence-electron chi connectivity index (χ4n) is 2.16. The Balaban J connectivity index is 2.19. The Morgan fingerprint density at radius 2 is 1.95 bits per heavy atom. The van der Waals surface area contributed by atoms with Gasteiger partial charge in [0.2, 0.25) is 0 Å². The molecule has 2 aromatic rings. The van der Waals surface area contributed by atoms with Crippen LogP contribution in [0.15, 0.2) is 40.1 Å². The second-order valence-corrected chi connectivity index (χ2v) is 4.62. The van der Waals surface area contributed by atoms with E-state index in [-0.39, 0.29) is 15.4 Å². The summed E-state index contributed by atoms with van der Waals surface area (Å²) < 4.78 is -0.0619. The minimum absolute atomic E-state index is 0.0619. The molecule has 20 heavy (non-hydrogen) atoms. The lowest BCUT2D eigenvalue weighted by molar-refractivity contribution is 0.158. The van der Waals surface area contributed by atoms with E-state index >= 15 is 0 Å². The second kappa shape index (κ2) is 4.29. The SMILES string of the molecule is O=c1[nH]cc(N2C(=S)c3ccccc3C2O)c(=O)n1O. The van der Waals surface area contributed by atoms with Gasteiger partial charge in [0, 0.05) is 17.3 Å². The minimum Gasteiger partial charge on any atom is -0.421 e. The smallest absolute Gasteiger partial charge is 0.361 e. The molecule has 1 aliphatic rings. The predicted molar refractivity (Wildman–Crippen MR) is 74.1 cm³/mol. The van der Waals surface area contributed by atoms with E-state index in [4.69, 9.17) is 12.2 Å². The van der Waals surface area contributed by atoms with Crippen molar-refractivity contribution >= 4 is 22.9 Å². The Morgan fingerprint density at radius 1 is 1.25 bits per heavy atom. The van der Waals surface area contributed by atoms with Gasteiger partial charge in [-0.05, 0) is 0 Å². The lowest BCUT2D eigenvalue weighted by atomic mass is 10.1. The highest BCUT2D eigenvalue weighted by Gasteiger charge is 2.35. The summed E-state index contributed by atoms with van der Waals surface area (Å²) >= 11 is 5.23. The predicted octanol–water partition coefficient (Wildman–Crippen LogP) is -0.0395. The number of rotatable bonds is 1. The van der Waals surface area contributed by atoms with Crippen LogP contribution in [-0.4, -0.2) is 25.0 Å². The van der Waals surface area contributed by atoms with E-state index in [1.807, 2.05) is 0 Å². The van der Waals surface area contributed by atoms with Crippen molar-refractivity contribution < 1.29 is 10.3 Å². The highest BCUT2D eigenvalue weighted by molar-refractivity contribution is 7.81. The highest BCUT2D eigenvalue weighted by Crippen LogP contribution is 2.34. The number of aliphatic hydroxyl groups excluding tert-OH is 1. The number of benzene rings is 1. The number of hydrogen-bond donors (Lipinski definition) is 3. The molecular weight excluding hydrogens is 282 g/mol. The van der Waals surface area contributed by atoms with Gasteiger partial charge in [-0.3, -0.25) is 9.69 Å². The van der Waals surface area contributed by atoms with Crippen molar-refractivity contribution in [2.45, 2.75) is 6.23 Å².